The van der Waals surface area contributed by atoms with Crippen molar-refractivity contribution in [3.63, 3.8) is 0 Å². The Hall–Kier alpha value is -3.12. The molecule has 5 rings (SSSR count). The third-order valence-corrected chi connectivity index (χ3v) is 5.72. The van der Waals surface area contributed by atoms with Crippen molar-refractivity contribution in [2.75, 3.05) is 23.3 Å². The zero-order valence-electron chi connectivity index (χ0n) is 16.8. The second kappa shape index (κ2) is 7.95. The van der Waals surface area contributed by atoms with Gasteiger partial charge in [0.2, 0.25) is 5.95 Å². The number of halogens is 1. The molecule has 1 N–H and O–H groups in total. The Kier molecular flexibility index (Phi) is 5.01. The van der Waals surface area contributed by atoms with Gasteiger partial charge in [0, 0.05) is 23.8 Å². The van der Waals surface area contributed by atoms with Crippen LogP contribution in [0.25, 0.3) is 16.7 Å². The average molecular weight is 419 g/mol. The number of nitrogens with zero attached hydrogens (tertiary/aromatic N) is 5. The smallest absolute Gasteiger partial charge is 0.229 e. The summed E-state index contributed by atoms with van der Waals surface area (Å²) in [5, 5.41) is 9.64. The quantitative estimate of drug-likeness (QED) is 0.477. The average Bonchev–Trinajstić information content (AvgIpc) is 3.20. The van der Waals surface area contributed by atoms with Gasteiger partial charge in [0.25, 0.3) is 0 Å². The fraction of sp³-hybridized carbons (Fsp3) is 0.261. The first kappa shape index (κ1) is 18.9. The maximum absolute atomic E-state index is 6.05. The van der Waals surface area contributed by atoms with Crippen molar-refractivity contribution < 1.29 is 0 Å². The van der Waals surface area contributed by atoms with Crippen molar-refractivity contribution in [3.8, 4) is 5.69 Å². The molecular formula is C23H23ClN6. The van der Waals surface area contributed by atoms with E-state index in [-0.39, 0.29) is 0 Å². The van der Waals surface area contributed by atoms with Gasteiger partial charge in [-0.2, -0.15) is 15.1 Å². The monoisotopic (exact) mass is 418 g/mol. The van der Waals surface area contributed by atoms with Crippen molar-refractivity contribution in [1.82, 2.24) is 19.7 Å². The zero-order chi connectivity index (χ0) is 20.5. The minimum absolute atomic E-state index is 0.629. The molecule has 0 spiro atoms. The van der Waals surface area contributed by atoms with Crippen molar-refractivity contribution in [2.45, 2.75) is 19.8 Å². The van der Waals surface area contributed by atoms with Gasteiger partial charge in [0.05, 0.1) is 17.3 Å². The predicted molar refractivity (Wildman–Crippen MR) is 122 cm³/mol. The molecule has 3 heterocycles. The van der Waals surface area contributed by atoms with E-state index in [9.17, 15) is 0 Å². The number of anilines is 3. The van der Waals surface area contributed by atoms with Crippen LogP contribution < -0.4 is 10.2 Å². The fourth-order valence-corrected chi connectivity index (χ4v) is 4.06. The largest absolute Gasteiger partial charge is 0.340 e. The van der Waals surface area contributed by atoms with E-state index >= 15 is 0 Å². The van der Waals surface area contributed by atoms with E-state index < -0.39 is 0 Å². The Bertz CT molecular complexity index is 1160. The number of fused-ring (bicyclic) bond motifs is 1. The Balaban J connectivity index is 1.63. The van der Waals surface area contributed by atoms with E-state index in [2.05, 4.69) is 22.2 Å². The number of para-hydroxylation sites is 1. The van der Waals surface area contributed by atoms with E-state index in [1.165, 1.54) is 6.42 Å². The van der Waals surface area contributed by atoms with Crippen LogP contribution in [0, 0.1) is 5.92 Å². The number of rotatable bonds is 4. The summed E-state index contributed by atoms with van der Waals surface area (Å²) in [7, 11) is 0. The number of piperidine rings is 1. The number of hydrogen-bond acceptors (Lipinski definition) is 5. The lowest BCUT2D eigenvalue weighted by atomic mass is 10.0. The van der Waals surface area contributed by atoms with Crippen molar-refractivity contribution in [3.05, 3.63) is 65.8 Å². The minimum atomic E-state index is 0.629. The van der Waals surface area contributed by atoms with Crippen molar-refractivity contribution in [2.24, 2.45) is 5.92 Å². The lowest BCUT2D eigenvalue weighted by Crippen LogP contribution is -2.35. The van der Waals surface area contributed by atoms with E-state index in [0.717, 1.165) is 53.7 Å². The zero-order valence-corrected chi connectivity index (χ0v) is 17.5. The summed E-state index contributed by atoms with van der Waals surface area (Å²) in [4.78, 5) is 12.1. The Morgan fingerprint density at radius 2 is 1.83 bits per heavy atom. The SMILES string of the molecule is C[C@@H]1CCCN(c2nc(Nc3ccc(Cl)cc3)c3cnn(-c4ccccc4)c3n2)C1. The molecule has 0 bridgehead atoms. The third-order valence-electron chi connectivity index (χ3n) is 5.46. The van der Waals surface area contributed by atoms with Gasteiger partial charge in [0.1, 0.15) is 5.82 Å². The van der Waals surface area contributed by atoms with Gasteiger partial charge in [0.15, 0.2) is 5.65 Å². The van der Waals surface area contributed by atoms with Gasteiger partial charge in [-0.1, -0.05) is 36.7 Å². The van der Waals surface area contributed by atoms with Crippen LogP contribution in [0.2, 0.25) is 5.02 Å². The standard InChI is InChI=1S/C23H23ClN6/c1-16-6-5-13-29(15-16)23-27-21(26-18-11-9-17(24)10-12-18)20-14-25-30(22(20)28-23)19-7-3-2-4-8-19/h2-4,7-12,14,16H,5-6,13,15H2,1H3,(H,26,27,28)/t16-/m1/s1. The van der Waals surface area contributed by atoms with Crippen molar-refractivity contribution in [1.29, 1.82) is 0 Å². The minimum Gasteiger partial charge on any atom is -0.340 e. The molecule has 0 radical (unpaired) electrons. The van der Waals surface area contributed by atoms with Crippen LogP contribution >= 0.6 is 11.6 Å². The van der Waals surface area contributed by atoms with E-state index in [0.29, 0.717) is 10.9 Å². The van der Waals surface area contributed by atoms with Crippen molar-refractivity contribution >= 4 is 40.1 Å². The topological polar surface area (TPSA) is 58.9 Å². The number of benzene rings is 2. The summed E-state index contributed by atoms with van der Waals surface area (Å²) in [5.41, 5.74) is 2.69. The number of aromatic nitrogens is 4. The molecule has 0 amide bonds. The first-order valence-corrected chi connectivity index (χ1v) is 10.6. The molecule has 1 aliphatic rings. The van der Waals surface area contributed by atoms with Gasteiger partial charge >= 0.3 is 0 Å². The van der Waals surface area contributed by atoms with E-state index in [4.69, 9.17) is 21.6 Å². The Labute approximate surface area is 180 Å². The molecule has 2 aromatic carbocycles. The van der Waals surface area contributed by atoms with E-state index in [1.807, 2.05) is 65.5 Å². The Morgan fingerprint density at radius 3 is 2.60 bits per heavy atom. The lowest BCUT2D eigenvalue weighted by molar-refractivity contribution is 0.442. The van der Waals surface area contributed by atoms with Crippen LogP contribution in [0.5, 0.6) is 0 Å². The van der Waals surface area contributed by atoms with Gasteiger partial charge in [-0.05, 0) is 55.2 Å². The van der Waals surface area contributed by atoms with Crippen LogP contribution in [-0.2, 0) is 0 Å². The fourth-order valence-electron chi connectivity index (χ4n) is 3.93. The molecule has 0 aliphatic carbocycles. The summed E-state index contributed by atoms with van der Waals surface area (Å²) in [6.45, 7) is 4.22. The molecule has 152 valence electrons. The van der Waals surface area contributed by atoms with Gasteiger partial charge in [-0.25, -0.2) is 4.68 Å². The molecule has 30 heavy (non-hydrogen) atoms. The highest BCUT2D eigenvalue weighted by Crippen LogP contribution is 2.30. The molecule has 0 saturated carbocycles. The highest BCUT2D eigenvalue weighted by molar-refractivity contribution is 6.30. The highest BCUT2D eigenvalue weighted by Gasteiger charge is 2.22. The molecule has 2 aromatic heterocycles. The molecule has 1 fully saturated rings. The second-order valence-electron chi connectivity index (χ2n) is 7.83. The summed E-state index contributed by atoms with van der Waals surface area (Å²) in [6, 6.07) is 17.7. The van der Waals surface area contributed by atoms with Crippen LogP contribution in [-0.4, -0.2) is 32.8 Å². The summed E-state index contributed by atoms with van der Waals surface area (Å²) in [6.07, 6.45) is 4.22. The highest BCUT2D eigenvalue weighted by atomic mass is 35.5. The number of nitrogens with one attached hydrogen (secondary N) is 1. The lowest BCUT2D eigenvalue weighted by Gasteiger charge is -2.31. The predicted octanol–water partition coefficient (Wildman–Crippen LogP) is 5.45. The molecule has 0 unspecified atom stereocenters. The van der Waals surface area contributed by atoms with Gasteiger partial charge < -0.3 is 10.2 Å². The second-order valence-corrected chi connectivity index (χ2v) is 8.26. The maximum Gasteiger partial charge on any atom is 0.229 e. The maximum atomic E-state index is 6.05. The van der Waals surface area contributed by atoms with Crippen LogP contribution in [0.4, 0.5) is 17.5 Å². The molecule has 4 aromatic rings. The molecule has 6 nitrogen and oxygen atoms in total. The first-order valence-electron chi connectivity index (χ1n) is 10.3. The van der Waals surface area contributed by atoms with Gasteiger partial charge in [-0.15, -0.1) is 0 Å². The number of hydrogen-bond donors (Lipinski definition) is 1. The molecule has 7 heteroatoms. The summed E-state index contributed by atoms with van der Waals surface area (Å²) in [5.74, 6) is 2.12. The summed E-state index contributed by atoms with van der Waals surface area (Å²) < 4.78 is 1.88. The van der Waals surface area contributed by atoms with Crippen LogP contribution in [0.3, 0.4) is 0 Å². The summed E-state index contributed by atoms with van der Waals surface area (Å²) >= 11 is 6.05. The molecule has 1 atom stereocenters. The third kappa shape index (κ3) is 3.71. The molecule has 1 saturated heterocycles. The van der Waals surface area contributed by atoms with Crippen LogP contribution in [0.15, 0.2) is 60.8 Å². The first-order chi connectivity index (χ1) is 14.7. The molecular weight excluding hydrogens is 396 g/mol. The molecule has 1 aliphatic heterocycles. The van der Waals surface area contributed by atoms with E-state index in [1.54, 1.807) is 0 Å². The normalized spacial score (nSPS) is 16.7. The van der Waals surface area contributed by atoms with Crippen LogP contribution in [0.1, 0.15) is 19.8 Å². The van der Waals surface area contributed by atoms with Gasteiger partial charge in [-0.3, -0.25) is 0 Å². The Morgan fingerprint density at radius 1 is 1.03 bits per heavy atom.